The van der Waals surface area contributed by atoms with Gasteiger partial charge in [-0.15, -0.1) is 0 Å². The zero-order valence-corrected chi connectivity index (χ0v) is 16.2. The van der Waals surface area contributed by atoms with Crippen molar-refractivity contribution in [3.8, 4) is 5.75 Å². The minimum Gasteiger partial charge on any atom is -0.484 e. The number of nitrogens with one attached hydrogen (secondary N) is 3. The molecule has 0 radical (unpaired) electrons. The quantitative estimate of drug-likeness (QED) is 0.469. The zero-order valence-electron chi connectivity index (χ0n) is 16.2. The predicted octanol–water partition coefficient (Wildman–Crippen LogP) is 2.49. The highest BCUT2D eigenvalue weighted by Gasteiger charge is 2.23. The van der Waals surface area contributed by atoms with E-state index in [1.807, 2.05) is 18.2 Å². The van der Waals surface area contributed by atoms with Crippen molar-refractivity contribution in [2.24, 2.45) is 4.99 Å². The maximum absolute atomic E-state index is 13.7. The fourth-order valence-electron chi connectivity index (χ4n) is 2.66. The largest absolute Gasteiger partial charge is 0.484 e. The summed E-state index contributed by atoms with van der Waals surface area (Å²) in [4.78, 5) is 15.8. The molecule has 2 aromatic rings. The van der Waals surface area contributed by atoms with E-state index in [0.717, 1.165) is 36.6 Å². The maximum atomic E-state index is 13.7. The number of guanidine groups is 1. The average Bonchev–Trinajstić information content (AvgIpc) is 3.53. The predicted molar refractivity (Wildman–Crippen MR) is 106 cm³/mol. The third kappa shape index (κ3) is 6.74. The highest BCUT2D eigenvalue weighted by molar-refractivity contribution is 5.79. The van der Waals surface area contributed by atoms with Crippen molar-refractivity contribution in [2.45, 2.75) is 32.0 Å². The number of halogens is 2. The molecule has 1 fully saturated rings. The first-order valence-electron chi connectivity index (χ1n) is 9.43. The molecule has 0 spiro atoms. The highest BCUT2D eigenvalue weighted by atomic mass is 19.1. The van der Waals surface area contributed by atoms with Crippen LogP contribution < -0.4 is 20.7 Å². The summed E-state index contributed by atoms with van der Waals surface area (Å²) in [5.74, 6) is -0.0484. The molecule has 0 aromatic heterocycles. The van der Waals surface area contributed by atoms with Gasteiger partial charge in [0.1, 0.15) is 17.4 Å². The molecular weight excluding hydrogens is 378 g/mol. The van der Waals surface area contributed by atoms with Crippen LogP contribution in [0.25, 0.3) is 0 Å². The molecule has 0 unspecified atom stereocenters. The SMILES string of the molecule is CN=C(NCc1cccc(OCC(=O)NC2CC2)c1)NCc1cc(F)ccc1F. The van der Waals surface area contributed by atoms with E-state index in [4.69, 9.17) is 4.74 Å². The molecule has 0 bridgehead atoms. The minimum atomic E-state index is -0.492. The van der Waals surface area contributed by atoms with Crippen LogP contribution in [0.1, 0.15) is 24.0 Å². The van der Waals surface area contributed by atoms with Crippen LogP contribution in [-0.4, -0.2) is 31.6 Å². The number of amides is 1. The van der Waals surface area contributed by atoms with E-state index in [-0.39, 0.29) is 24.6 Å². The summed E-state index contributed by atoms with van der Waals surface area (Å²) in [5.41, 5.74) is 1.14. The van der Waals surface area contributed by atoms with Crippen LogP contribution in [0, 0.1) is 11.6 Å². The van der Waals surface area contributed by atoms with E-state index >= 15 is 0 Å². The standard InChI is InChI=1S/C21H24F2N4O2/c1-24-21(26-12-15-10-16(22)5-8-19(15)23)25-11-14-3-2-4-18(9-14)29-13-20(28)27-17-6-7-17/h2-5,8-10,17H,6-7,11-13H2,1H3,(H,27,28)(H2,24,25,26). The Morgan fingerprint density at radius 1 is 1.14 bits per heavy atom. The summed E-state index contributed by atoms with van der Waals surface area (Å²) in [6.07, 6.45) is 2.07. The number of carbonyl (C=O) groups is 1. The molecule has 0 atom stereocenters. The topological polar surface area (TPSA) is 74.8 Å². The Hall–Kier alpha value is -3.16. The highest BCUT2D eigenvalue weighted by Crippen LogP contribution is 2.18. The summed E-state index contributed by atoms with van der Waals surface area (Å²) >= 11 is 0. The lowest BCUT2D eigenvalue weighted by molar-refractivity contribution is -0.123. The van der Waals surface area contributed by atoms with E-state index in [2.05, 4.69) is 20.9 Å². The molecule has 1 aliphatic rings. The van der Waals surface area contributed by atoms with E-state index in [1.165, 1.54) is 0 Å². The second-order valence-electron chi connectivity index (χ2n) is 6.79. The van der Waals surface area contributed by atoms with Gasteiger partial charge < -0.3 is 20.7 Å². The fraction of sp³-hybridized carbons (Fsp3) is 0.333. The first-order chi connectivity index (χ1) is 14.0. The number of rotatable bonds is 8. The van der Waals surface area contributed by atoms with Gasteiger partial charge in [-0.3, -0.25) is 9.79 Å². The fourth-order valence-corrected chi connectivity index (χ4v) is 2.66. The summed E-state index contributed by atoms with van der Waals surface area (Å²) < 4.78 is 32.5. The summed E-state index contributed by atoms with van der Waals surface area (Å²) in [6, 6.07) is 11.0. The van der Waals surface area contributed by atoms with Crippen molar-refractivity contribution in [3.63, 3.8) is 0 Å². The molecule has 1 saturated carbocycles. The molecule has 1 amide bonds. The smallest absolute Gasteiger partial charge is 0.258 e. The van der Waals surface area contributed by atoms with Gasteiger partial charge in [0, 0.05) is 31.7 Å². The lowest BCUT2D eigenvalue weighted by atomic mass is 10.2. The normalized spacial score (nSPS) is 13.7. The van der Waals surface area contributed by atoms with Crippen molar-refractivity contribution in [1.29, 1.82) is 0 Å². The van der Waals surface area contributed by atoms with Crippen molar-refractivity contribution < 1.29 is 18.3 Å². The number of nitrogens with zero attached hydrogens (tertiary/aromatic N) is 1. The van der Waals surface area contributed by atoms with Gasteiger partial charge in [0.25, 0.3) is 5.91 Å². The summed E-state index contributed by atoms with van der Waals surface area (Å²) in [5, 5.41) is 8.93. The van der Waals surface area contributed by atoms with Crippen molar-refractivity contribution in [1.82, 2.24) is 16.0 Å². The van der Waals surface area contributed by atoms with Crippen LogP contribution in [0.3, 0.4) is 0 Å². The van der Waals surface area contributed by atoms with Gasteiger partial charge in [0.15, 0.2) is 12.6 Å². The average molecular weight is 402 g/mol. The van der Waals surface area contributed by atoms with Crippen LogP contribution in [0.4, 0.5) is 8.78 Å². The number of aliphatic imine (C=N–C) groups is 1. The number of benzene rings is 2. The molecule has 3 rings (SSSR count). The summed E-state index contributed by atoms with van der Waals surface area (Å²) in [7, 11) is 1.59. The van der Waals surface area contributed by atoms with Gasteiger partial charge in [-0.1, -0.05) is 12.1 Å². The molecule has 0 aliphatic heterocycles. The Bertz CT molecular complexity index is 885. The molecule has 154 valence electrons. The molecule has 0 heterocycles. The van der Waals surface area contributed by atoms with E-state index in [0.29, 0.717) is 24.3 Å². The molecule has 3 N–H and O–H groups in total. The third-order valence-corrected chi connectivity index (χ3v) is 4.35. The monoisotopic (exact) mass is 402 g/mol. The van der Waals surface area contributed by atoms with Crippen molar-refractivity contribution >= 4 is 11.9 Å². The minimum absolute atomic E-state index is 0.0181. The Morgan fingerprint density at radius 3 is 2.69 bits per heavy atom. The Labute approximate surface area is 168 Å². The van der Waals surface area contributed by atoms with E-state index in [1.54, 1.807) is 13.1 Å². The van der Waals surface area contributed by atoms with Crippen molar-refractivity contribution in [2.75, 3.05) is 13.7 Å². The number of ether oxygens (including phenoxy) is 1. The Morgan fingerprint density at radius 2 is 1.93 bits per heavy atom. The van der Waals surface area contributed by atoms with Gasteiger partial charge in [0.05, 0.1) is 0 Å². The van der Waals surface area contributed by atoms with Gasteiger partial charge in [0.2, 0.25) is 0 Å². The Kier molecular flexibility index (Phi) is 6.99. The second-order valence-corrected chi connectivity index (χ2v) is 6.79. The van der Waals surface area contributed by atoms with Crippen molar-refractivity contribution in [3.05, 3.63) is 65.2 Å². The van der Waals surface area contributed by atoms with Gasteiger partial charge in [-0.25, -0.2) is 8.78 Å². The van der Waals surface area contributed by atoms with E-state index in [9.17, 15) is 13.6 Å². The molecule has 29 heavy (non-hydrogen) atoms. The van der Waals surface area contributed by atoms with Crippen LogP contribution in [0.2, 0.25) is 0 Å². The lowest BCUT2D eigenvalue weighted by Crippen LogP contribution is -2.36. The first-order valence-corrected chi connectivity index (χ1v) is 9.43. The second kappa shape index (κ2) is 9.86. The van der Waals surface area contributed by atoms with E-state index < -0.39 is 11.6 Å². The maximum Gasteiger partial charge on any atom is 0.258 e. The van der Waals surface area contributed by atoms with Gasteiger partial charge >= 0.3 is 0 Å². The van der Waals surface area contributed by atoms with Crippen LogP contribution in [-0.2, 0) is 17.9 Å². The first kappa shape index (κ1) is 20.6. The molecule has 2 aromatic carbocycles. The lowest BCUT2D eigenvalue weighted by Gasteiger charge is -2.13. The third-order valence-electron chi connectivity index (χ3n) is 4.35. The van der Waals surface area contributed by atoms with Gasteiger partial charge in [-0.05, 0) is 48.7 Å². The van der Waals surface area contributed by atoms with Crippen LogP contribution >= 0.6 is 0 Å². The van der Waals surface area contributed by atoms with Crippen LogP contribution in [0.5, 0.6) is 5.75 Å². The Balaban J connectivity index is 1.47. The molecule has 6 nitrogen and oxygen atoms in total. The molecule has 1 aliphatic carbocycles. The number of carbonyl (C=O) groups excluding carboxylic acids is 1. The zero-order chi connectivity index (χ0) is 20.6. The van der Waals surface area contributed by atoms with Gasteiger partial charge in [-0.2, -0.15) is 0 Å². The van der Waals surface area contributed by atoms with Crippen LogP contribution in [0.15, 0.2) is 47.5 Å². The summed E-state index contributed by atoms with van der Waals surface area (Å²) in [6.45, 7) is 0.523. The molecule has 0 saturated heterocycles. The number of hydrogen-bond donors (Lipinski definition) is 3. The molecule has 8 heteroatoms. The molecular formula is C21H24F2N4O2. The number of hydrogen-bond acceptors (Lipinski definition) is 3.